The summed E-state index contributed by atoms with van der Waals surface area (Å²) in [7, 11) is 0. The maximum absolute atomic E-state index is 10.8. The molecule has 0 saturated carbocycles. The molecule has 0 aromatic heterocycles. The van der Waals surface area contributed by atoms with Crippen molar-refractivity contribution >= 4 is 11.9 Å². The van der Waals surface area contributed by atoms with Crippen LogP contribution in [0.1, 0.15) is 26.3 Å². The molecule has 1 aromatic rings. The molecule has 0 unspecified atom stereocenters. The predicted molar refractivity (Wildman–Crippen MR) is 49.4 cm³/mol. The Balaban J connectivity index is 3.43. The summed E-state index contributed by atoms with van der Waals surface area (Å²) in [5.74, 6) is -2.47. The third-order valence-corrected chi connectivity index (χ3v) is 1.86. The van der Waals surface area contributed by atoms with Crippen LogP contribution < -0.4 is 0 Å². The highest BCUT2D eigenvalue weighted by atomic mass is 16.4. The summed E-state index contributed by atoms with van der Waals surface area (Å²) >= 11 is 0. The normalized spacial score (nSPS) is 9.79. The molecule has 4 nitrogen and oxygen atoms in total. The van der Waals surface area contributed by atoms with Gasteiger partial charge in [-0.1, -0.05) is 12.1 Å². The first-order valence-corrected chi connectivity index (χ1v) is 3.95. The summed E-state index contributed by atoms with van der Waals surface area (Å²) in [6.45, 7) is 3.54. The molecule has 0 aliphatic carbocycles. The monoisotopic (exact) mass is 193 g/mol. The van der Waals surface area contributed by atoms with E-state index in [1.807, 2.05) is 0 Å². The van der Waals surface area contributed by atoms with Crippen molar-refractivity contribution in [1.29, 1.82) is 0 Å². The molecular formula is C10H9O4. The Morgan fingerprint density at radius 2 is 1.86 bits per heavy atom. The molecular weight excluding hydrogens is 184 g/mol. The number of carboxylic acid groups (broad SMARTS) is 2. The molecule has 0 atom stereocenters. The quantitative estimate of drug-likeness (QED) is 0.762. The van der Waals surface area contributed by atoms with Crippen molar-refractivity contribution in [3.8, 4) is 0 Å². The SMILES string of the molecule is [CH2]Cc1cccc(C(=O)O)c1C(=O)O. The minimum atomic E-state index is -1.24. The van der Waals surface area contributed by atoms with Gasteiger partial charge in [0.15, 0.2) is 0 Å². The molecule has 0 aliphatic rings. The Kier molecular flexibility index (Phi) is 2.86. The molecule has 0 spiro atoms. The van der Waals surface area contributed by atoms with Gasteiger partial charge in [-0.15, -0.1) is 0 Å². The van der Waals surface area contributed by atoms with Crippen molar-refractivity contribution in [2.75, 3.05) is 0 Å². The van der Waals surface area contributed by atoms with Gasteiger partial charge >= 0.3 is 11.9 Å². The fourth-order valence-electron chi connectivity index (χ4n) is 1.24. The van der Waals surface area contributed by atoms with E-state index in [0.29, 0.717) is 5.56 Å². The van der Waals surface area contributed by atoms with Crippen molar-refractivity contribution in [2.45, 2.75) is 6.42 Å². The van der Waals surface area contributed by atoms with Crippen LogP contribution in [0, 0.1) is 6.92 Å². The van der Waals surface area contributed by atoms with Gasteiger partial charge in [-0.3, -0.25) is 0 Å². The first-order chi connectivity index (χ1) is 6.57. The summed E-state index contributed by atoms with van der Waals surface area (Å²) in [5, 5.41) is 17.6. The number of rotatable bonds is 3. The van der Waals surface area contributed by atoms with Crippen LogP contribution in [0.4, 0.5) is 0 Å². The summed E-state index contributed by atoms with van der Waals surface area (Å²) in [6, 6.07) is 4.34. The number of hydrogen-bond acceptors (Lipinski definition) is 2. The van der Waals surface area contributed by atoms with Gasteiger partial charge in [-0.25, -0.2) is 9.59 Å². The smallest absolute Gasteiger partial charge is 0.336 e. The van der Waals surface area contributed by atoms with Gasteiger partial charge in [0.05, 0.1) is 11.1 Å². The molecule has 0 heterocycles. The molecule has 0 fully saturated rings. The largest absolute Gasteiger partial charge is 0.478 e. The van der Waals surface area contributed by atoms with E-state index in [9.17, 15) is 9.59 Å². The second kappa shape index (κ2) is 3.91. The van der Waals surface area contributed by atoms with E-state index in [0.717, 1.165) is 0 Å². The minimum Gasteiger partial charge on any atom is -0.478 e. The third kappa shape index (κ3) is 1.74. The highest BCUT2D eigenvalue weighted by molar-refractivity contribution is 6.02. The average Bonchev–Trinajstić information content (AvgIpc) is 2.16. The van der Waals surface area contributed by atoms with E-state index in [1.54, 1.807) is 6.07 Å². The van der Waals surface area contributed by atoms with Crippen LogP contribution in [0.5, 0.6) is 0 Å². The van der Waals surface area contributed by atoms with E-state index in [2.05, 4.69) is 6.92 Å². The van der Waals surface area contributed by atoms with Crippen LogP contribution in [0.25, 0.3) is 0 Å². The summed E-state index contributed by atoms with van der Waals surface area (Å²) in [4.78, 5) is 21.5. The zero-order valence-corrected chi connectivity index (χ0v) is 7.36. The fraction of sp³-hybridized carbons (Fsp3) is 0.100. The topological polar surface area (TPSA) is 74.6 Å². The van der Waals surface area contributed by atoms with E-state index in [4.69, 9.17) is 10.2 Å². The van der Waals surface area contributed by atoms with Gasteiger partial charge < -0.3 is 10.2 Å². The summed E-state index contributed by atoms with van der Waals surface area (Å²) < 4.78 is 0. The zero-order valence-electron chi connectivity index (χ0n) is 7.36. The van der Waals surface area contributed by atoms with Crippen molar-refractivity contribution in [1.82, 2.24) is 0 Å². The lowest BCUT2D eigenvalue weighted by Gasteiger charge is -2.06. The van der Waals surface area contributed by atoms with Crippen molar-refractivity contribution in [2.24, 2.45) is 0 Å². The minimum absolute atomic E-state index is 0.171. The molecule has 2 N–H and O–H groups in total. The maximum atomic E-state index is 10.8. The number of carbonyl (C=O) groups is 2. The van der Waals surface area contributed by atoms with Gasteiger partial charge in [0.2, 0.25) is 0 Å². The molecule has 1 aromatic carbocycles. The first-order valence-electron chi connectivity index (χ1n) is 3.95. The van der Waals surface area contributed by atoms with Gasteiger partial charge in [0.25, 0.3) is 0 Å². The van der Waals surface area contributed by atoms with Crippen LogP contribution in [-0.2, 0) is 6.42 Å². The second-order valence-electron chi connectivity index (χ2n) is 2.70. The molecule has 14 heavy (non-hydrogen) atoms. The summed E-state index contributed by atoms with van der Waals surface area (Å²) in [6.07, 6.45) is 0.253. The zero-order chi connectivity index (χ0) is 10.7. The van der Waals surface area contributed by atoms with Gasteiger partial charge in [-0.05, 0) is 25.0 Å². The number of benzene rings is 1. The van der Waals surface area contributed by atoms with Crippen LogP contribution >= 0.6 is 0 Å². The fourth-order valence-corrected chi connectivity index (χ4v) is 1.24. The maximum Gasteiger partial charge on any atom is 0.336 e. The molecule has 0 saturated heterocycles. The lowest BCUT2D eigenvalue weighted by atomic mass is 9.99. The number of carboxylic acids is 2. The van der Waals surface area contributed by atoms with Crippen molar-refractivity contribution < 1.29 is 19.8 Å². The van der Waals surface area contributed by atoms with Crippen molar-refractivity contribution in [3.63, 3.8) is 0 Å². The molecule has 0 aliphatic heterocycles. The standard InChI is InChI=1S/C10H9O4/c1-2-6-4-3-5-7(9(11)12)8(6)10(13)14/h3-5H,1-2H2,(H,11,12)(H,13,14). The average molecular weight is 193 g/mol. The Bertz CT molecular complexity index is 382. The van der Waals surface area contributed by atoms with E-state index < -0.39 is 11.9 Å². The second-order valence-corrected chi connectivity index (χ2v) is 2.70. The molecule has 73 valence electrons. The van der Waals surface area contributed by atoms with Crippen molar-refractivity contribution in [3.05, 3.63) is 41.8 Å². The third-order valence-electron chi connectivity index (χ3n) is 1.86. The highest BCUT2D eigenvalue weighted by Gasteiger charge is 2.18. The van der Waals surface area contributed by atoms with Gasteiger partial charge in [0.1, 0.15) is 0 Å². The van der Waals surface area contributed by atoms with Crippen LogP contribution in [0.3, 0.4) is 0 Å². The van der Waals surface area contributed by atoms with E-state index in [1.165, 1.54) is 12.1 Å². The lowest BCUT2D eigenvalue weighted by Crippen LogP contribution is -2.10. The Morgan fingerprint density at radius 3 is 2.29 bits per heavy atom. The molecule has 0 amide bonds. The molecule has 4 heteroatoms. The lowest BCUT2D eigenvalue weighted by molar-refractivity contribution is 0.0650. The molecule has 1 radical (unpaired) electrons. The molecule has 0 bridgehead atoms. The van der Waals surface area contributed by atoms with Gasteiger partial charge in [-0.2, -0.15) is 0 Å². The summed E-state index contributed by atoms with van der Waals surface area (Å²) in [5.41, 5.74) is 0.0612. The van der Waals surface area contributed by atoms with Gasteiger partial charge in [0, 0.05) is 0 Å². The molecule has 1 rings (SSSR count). The Labute approximate surface area is 80.8 Å². The Hall–Kier alpha value is -1.84. The van der Waals surface area contributed by atoms with Crippen LogP contribution in [0.15, 0.2) is 18.2 Å². The highest BCUT2D eigenvalue weighted by Crippen LogP contribution is 2.15. The Morgan fingerprint density at radius 1 is 1.21 bits per heavy atom. The van der Waals surface area contributed by atoms with Crippen LogP contribution in [-0.4, -0.2) is 22.2 Å². The predicted octanol–water partition coefficient (Wildman–Crippen LogP) is 1.46. The van der Waals surface area contributed by atoms with Crippen LogP contribution in [0.2, 0.25) is 0 Å². The number of aromatic carboxylic acids is 2. The number of hydrogen-bond donors (Lipinski definition) is 2. The first kappa shape index (κ1) is 10.2. The van der Waals surface area contributed by atoms with E-state index in [-0.39, 0.29) is 17.5 Å². The van der Waals surface area contributed by atoms with E-state index >= 15 is 0 Å².